The number of hydrogen-bond donors (Lipinski definition) is 1. The van der Waals surface area contributed by atoms with Crippen LogP contribution >= 0.6 is 0 Å². The summed E-state index contributed by atoms with van der Waals surface area (Å²) in [6, 6.07) is 4.26. The van der Waals surface area contributed by atoms with Crippen LogP contribution in [0.15, 0.2) is 30.9 Å². The van der Waals surface area contributed by atoms with Gasteiger partial charge in [-0.3, -0.25) is 0 Å². The average Bonchev–Trinajstić information content (AvgIpc) is 2.91. The molecule has 0 aliphatic heterocycles. The third-order valence-corrected chi connectivity index (χ3v) is 2.91. The summed E-state index contributed by atoms with van der Waals surface area (Å²) in [6.45, 7) is 5.06. The van der Waals surface area contributed by atoms with E-state index in [0.717, 1.165) is 19.6 Å². The SMILES string of the molecule is CCCNCc1cccn1Cc1cncn1C. The molecule has 0 aliphatic rings. The molecule has 0 atom stereocenters. The van der Waals surface area contributed by atoms with Crippen LogP contribution in [0.3, 0.4) is 0 Å². The Morgan fingerprint density at radius 3 is 2.94 bits per heavy atom. The Morgan fingerprint density at radius 1 is 1.35 bits per heavy atom. The molecule has 0 saturated carbocycles. The topological polar surface area (TPSA) is 34.8 Å². The summed E-state index contributed by atoms with van der Waals surface area (Å²) >= 11 is 0. The van der Waals surface area contributed by atoms with Crippen molar-refractivity contribution in [1.29, 1.82) is 0 Å². The van der Waals surface area contributed by atoms with E-state index in [4.69, 9.17) is 0 Å². The van der Waals surface area contributed by atoms with Gasteiger partial charge in [-0.25, -0.2) is 4.98 Å². The van der Waals surface area contributed by atoms with Crippen LogP contribution in [0.2, 0.25) is 0 Å². The standard InChI is InChI=1S/C13H20N4/c1-3-6-14-8-12-5-4-7-17(12)10-13-9-15-11-16(13)2/h4-5,7,9,11,14H,3,6,8,10H2,1-2H3. The van der Waals surface area contributed by atoms with Gasteiger partial charge in [0.05, 0.1) is 18.6 Å². The first-order valence-electron chi connectivity index (χ1n) is 6.11. The van der Waals surface area contributed by atoms with Gasteiger partial charge < -0.3 is 14.5 Å². The van der Waals surface area contributed by atoms with E-state index in [9.17, 15) is 0 Å². The second kappa shape index (κ2) is 5.68. The Kier molecular flexibility index (Phi) is 3.98. The van der Waals surface area contributed by atoms with Crippen molar-refractivity contribution < 1.29 is 0 Å². The van der Waals surface area contributed by atoms with Crippen LogP contribution in [0.4, 0.5) is 0 Å². The van der Waals surface area contributed by atoms with E-state index in [-0.39, 0.29) is 0 Å². The Labute approximate surface area is 102 Å². The third-order valence-electron chi connectivity index (χ3n) is 2.91. The van der Waals surface area contributed by atoms with E-state index in [1.807, 2.05) is 19.6 Å². The Hall–Kier alpha value is -1.55. The molecule has 4 nitrogen and oxygen atoms in total. The lowest BCUT2D eigenvalue weighted by Crippen LogP contribution is -2.17. The van der Waals surface area contributed by atoms with Gasteiger partial charge in [0.25, 0.3) is 0 Å². The normalized spacial score (nSPS) is 10.9. The maximum Gasteiger partial charge on any atom is 0.0946 e. The van der Waals surface area contributed by atoms with Crippen molar-refractivity contribution in [3.63, 3.8) is 0 Å². The first-order chi connectivity index (χ1) is 8.31. The zero-order chi connectivity index (χ0) is 12.1. The van der Waals surface area contributed by atoms with Crippen molar-refractivity contribution in [2.24, 2.45) is 7.05 Å². The molecule has 17 heavy (non-hydrogen) atoms. The molecular weight excluding hydrogens is 212 g/mol. The van der Waals surface area contributed by atoms with Gasteiger partial charge in [0.15, 0.2) is 0 Å². The Morgan fingerprint density at radius 2 is 2.24 bits per heavy atom. The fourth-order valence-electron chi connectivity index (χ4n) is 1.87. The smallest absolute Gasteiger partial charge is 0.0946 e. The lowest BCUT2D eigenvalue weighted by molar-refractivity contribution is 0.620. The predicted molar refractivity (Wildman–Crippen MR) is 68.7 cm³/mol. The van der Waals surface area contributed by atoms with Crippen molar-refractivity contribution in [2.45, 2.75) is 26.4 Å². The monoisotopic (exact) mass is 232 g/mol. The number of nitrogens with zero attached hydrogens (tertiary/aromatic N) is 3. The molecule has 2 aromatic heterocycles. The largest absolute Gasteiger partial charge is 0.344 e. The minimum absolute atomic E-state index is 0.882. The number of hydrogen-bond acceptors (Lipinski definition) is 2. The van der Waals surface area contributed by atoms with E-state index in [2.05, 4.69) is 44.7 Å². The fraction of sp³-hybridized carbons (Fsp3) is 0.462. The van der Waals surface area contributed by atoms with Gasteiger partial charge in [-0.2, -0.15) is 0 Å². The van der Waals surface area contributed by atoms with E-state index in [1.165, 1.54) is 17.8 Å². The van der Waals surface area contributed by atoms with Gasteiger partial charge in [0.1, 0.15) is 0 Å². The number of imidazole rings is 1. The fourth-order valence-corrected chi connectivity index (χ4v) is 1.87. The summed E-state index contributed by atoms with van der Waals surface area (Å²) in [5, 5.41) is 3.43. The van der Waals surface area contributed by atoms with E-state index in [0.29, 0.717) is 0 Å². The highest BCUT2D eigenvalue weighted by Gasteiger charge is 2.03. The first kappa shape index (κ1) is 11.9. The second-order valence-corrected chi connectivity index (χ2v) is 4.30. The van der Waals surface area contributed by atoms with Crippen LogP contribution in [0.25, 0.3) is 0 Å². The van der Waals surface area contributed by atoms with Gasteiger partial charge >= 0.3 is 0 Å². The van der Waals surface area contributed by atoms with Crippen LogP contribution in [0.5, 0.6) is 0 Å². The average molecular weight is 232 g/mol. The summed E-state index contributed by atoms with van der Waals surface area (Å²) in [7, 11) is 2.03. The maximum absolute atomic E-state index is 4.14. The molecule has 2 rings (SSSR count). The molecule has 4 heteroatoms. The summed E-state index contributed by atoms with van der Waals surface area (Å²) in [6.07, 6.45) is 7.05. The number of aryl methyl sites for hydroxylation is 1. The minimum Gasteiger partial charge on any atom is -0.344 e. The second-order valence-electron chi connectivity index (χ2n) is 4.30. The summed E-state index contributed by atoms with van der Waals surface area (Å²) in [5.74, 6) is 0. The van der Waals surface area contributed by atoms with Crippen LogP contribution in [0, 0.1) is 0 Å². The van der Waals surface area contributed by atoms with Crippen molar-refractivity contribution in [2.75, 3.05) is 6.54 Å². The predicted octanol–water partition coefficient (Wildman–Crippen LogP) is 1.77. The number of aromatic nitrogens is 3. The molecule has 0 aliphatic carbocycles. The summed E-state index contributed by atoms with van der Waals surface area (Å²) < 4.78 is 4.32. The third kappa shape index (κ3) is 2.97. The zero-order valence-corrected chi connectivity index (χ0v) is 10.6. The van der Waals surface area contributed by atoms with E-state index < -0.39 is 0 Å². The number of nitrogens with one attached hydrogen (secondary N) is 1. The van der Waals surface area contributed by atoms with Crippen LogP contribution in [0.1, 0.15) is 24.7 Å². The van der Waals surface area contributed by atoms with Crippen molar-refractivity contribution in [3.8, 4) is 0 Å². The van der Waals surface area contributed by atoms with Crippen molar-refractivity contribution >= 4 is 0 Å². The highest BCUT2D eigenvalue weighted by molar-refractivity contribution is 5.10. The van der Waals surface area contributed by atoms with E-state index >= 15 is 0 Å². The van der Waals surface area contributed by atoms with Gasteiger partial charge in [-0.1, -0.05) is 6.92 Å². The Balaban J connectivity index is 2.01. The Bertz CT molecular complexity index is 455. The van der Waals surface area contributed by atoms with Gasteiger partial charge in [0, 0.05) is 31.7 Å². The molecule has 0 bridgehead atoms. The van der Waals surface area contributed by atoms with Crippen LogP contribution < -0.4 is 5.32 Å². The first-order valence-corrected chi connectivity index (χ1v) is 6.11. The maximum atomic E-state index is 4.14. The quantitative estimate of drug-likeness (QED) is 0.770. The summed E-state index contributed by atoms with van der Waals surface area (Å²) in [4.78, 5) is 4.14. The lowest BCUT2D eigenvalue weighted by atomic mass is 10.3. The molecule has 0 saturated heterocycles. The summed E-state index contributed by atoms with van der Waals surface area (Å²) in [5.41, 5.74) is 2.54. The molecule has 0 unspecified atom stereocenters. The van der Waals surface area contributed by atoms with Crippen molar-refractivity contribution in [1.82, 2.24) is 19.4 Å². The zero-order valence-electron chi connectivity index (χ0n) is 10.6. The van der Waals surface area contributed by atoms with Gasteiger partial charge in [-0.15, -0.1) is 0 Å². The molecule has 0 aromatic carbocycles. The van der Waals surface area contributed by atoms with Crippen LogP contribution in [-0.2, 0) is 20.1 Å². The molecule has 1 N–H and O–H groups in total. The molecule has 92 valence electrons. The molecule has 0 spiro atoms. The van der Waals surface area contributed by atoms with E-state index in [1.54, 1.807) is 0 Å². The number of rotatable bonds is 6. The van der Waals surface area contributed by atoms with Crippen molar-refractivity contribution in [3.05, 3.63) is 42.2 Å². The molecule has 2 heterocycles. The molecule has 2 aromatic rings. The van der Waals surface area contributed by atoms with Gasteiger partial charge in [0.2, 0.25) is 0 Å². The molecule has 0 fully saturated rings. The van der Waals surface area contributed by atoms with Gasteiger partial charge in [-0.05, 0) is 25.1 Å². The molecule has 0 amide bonds. The molecule has 0 radical (unpaired) electrons. The highest BCUT2D eigenvalue weighted by Crippen LogP contribution is 2.07. The molecular formula is C13H20N4. The minimum atomic E-state index is 0.882. The van der Waals surface area contributed by atoms with Crippen LogP contribution in [-0.4, -0.2) is 20.7 Å². The lowest BCUT2D eigenvalue weighted by Gasteiger charge is -2.10. The highest BCUT2D eigenvalue weighted by atomic mass is 15.1.